The smallest absolute Gasteiger partial charge is 0.242 e. The van der Waals surface area contributed by atoms with E-state index in [1.54, 1.807) is 0 Å². The number of hydrogen-bond acceptors (Lipinski definition) is 2. The number of aryl methyl sites for hydroxylation is 2. The van der Waals surface area contributed by atoms with Gasteiger partial charge in [-0.1, -0.05) is 12.1 Å². The summed E-state index contributed by atoms with van der Waals surface area (Å²) in [6.07, 6.45) is 0. The molecule has 0 aliphatic carbocycles. The van der Waals surface area contributed by atoms with Gasteiger partial charge in [-0.25, -0.2) is 0 Å². The molecule has 0 aliphatic heterocycles. The summed E-state index contributed by atoms with van der Waals surface area (Å²) in [5.41, 5.74) is 3.37. The highest BCUT2D eigenvalue weighted by atomic mass is 16.2. The lowest BCUT2D eigenvalue weighted by Crippen LogP contribution is -2.37. The van der Waals surface area contributed by atoms with E-state index in [-0.39, 0.29) is 11.9 Å². The van der Waals surface area contributed by atoms with E-state index < -0.39 is 0 Å². The summed E-state index contributed by atoms with van der Waals surface area (Å²) in [7, 11) is 0. The van der Waals surface area contributed by atoms with Gasteiger partial charge >= 0.3 is 0 Å². The van der Waals surface area contributed by atoms with E-state index in [0.717, 1.165) is 11.3 Å². The molecule has 1 atom stereocenters. The third kappa shape index (κ3) is 3.26. The van der Waals surface area contributed by atoms with Crippen LogP contribution in [-0.2, 0) is 4.79 Å². The van der Waals surface area contributed by atoms with Crippen molar-refractivity contribution >= 4 is 11.6 Å². The molecule has 16 heavy (non-hydrogen) atoms. The van der Waals surface area contributed by atoms with Gasteiger partial charge in [-0.05, 0) is 44.9 Å². The molecule has 0 fully saturated rings. The number of rotatable bonds is 4. The van der Waals surface area contributed by atoms with Gasteiger partial charge in [-0.15, -0.1) is 0 Å². The van der Waals surface area contributed by atoms with Crippen LogP contribution in [0, 0.1) is 13.8 Å². The molecule has 0 aromatic heterocycles. The standard InChI is InChI=1S/C13H20N2O/c1-5-14-13(16)11(4)15-12-8-9(2)6-7-10(12)3/h6-8,11,15H,5H2,1-4H3,(H,14,16). The maximum absolute atomic E-state index is 11.6. The third-order valence-electron chi connectivity index (χ3n) is 2.51. The van der Waals surface area contributed by atoms with Crippen LogP contribution in [0.25, 0.3) is 0 Å². The molecule has 88 valence electrons. The van der Waals surface area contributed by atoms with Gasteiger partial charge in [0.1, 0.15) is 6.04 Å². The first kappa shape index (κ1) is 12.6. The lowest BCUT2D eigenvalue weighted by atomic mass is 10.1. The zero-order valence-electron chi connectivity index (χ0n) is 10.4. The molecule has 0 radical (unpaired) electrons. The third-order valence-corrected chi connectivity index (χ3v) is 2.51. The summed E-state index contributed by atoms with van der Waals surface area (Å²) in [5.74, 6) is 0.0309. The fourth-order valence-electron chi connectivity index (χ4n) is 1.52. The highest BCUT2D eigenvalue weighted by Gasteiger charge is 2.11. The second-order valence-corrected chi connectivity index (χ2v) is 4.08. The van der Waals surface area contributed by atoms with Crippen molar-refractivity contribution < 1.29 is 4.79 Å². The number of carbonyl (C=O) groups is 1. The predicted molar refractivity (Wildman–Crippen MR) is 67.7 cm³/mol. The van der Waals surface area contributed by atoms with Gasteiger partial charge in [0.25, 0.3) is 0 Å². The highest BCUT2D eigenvalue weighted by Crippen LogP contribution is 2.17. The van der Waals surface area contributed by atoms with Crippen LogP contribution in [0.1, 0.15) is 25.0 Å². The Kier molecular flexibility index (Phi) is 4.35. The average Bonchev–Trinajstić information content (AvgIpc) is 2.23. The minimum Gasteiger partial charge on any atom is -0.374 e. The molecular weight excluding hydrogens is 200 g/mol. The van der Waals surface area contributed by atoms with E-state index in [4.69, 9.17) is 0 Å². The SMILES string of the molecule is CCNC(=O)C(C)Nc1cc(C)ccc1C. The second-order valence-electron chi connectivity index (χ2n) is 4.08. The Morgan fingerprint density at radius 2 is 2.06 bits per heavy atom. The zero-order chi connectivity index (χ0) is 12.1. The van der Waals surface area contributed by atoms with E-state index in [1.807, 2.05) is 27.7 Å². The molecule has 1 rings (SSSR count). The molecule has 0 bridgehead atoms. The molecule has 1 unspecified atom stereocenters. The van der Waals surface area contributed by atoms with Crippen LogP contribution in [0.3, 0.4) is 0 Å². The van der Waals surface area contributed by atoms with Crippen molar-refractivity contribution in [1.29, 1.82) is 0 Å². The molecule has 0 saturated heterocycles. The van der Waals surface area contributed by atoms with Crippen LogP contribution in [-0.4, -0.2) is 18.5 Å². The summed E-state index contributed by atoms with van der Waals surface area (Å²) < 4.78 is 0. The molecular formula is C13H20N2O. The number of hydrogen-bond donors (Lipinski definition) is 2. The Balaban J connectivity index is 2.72. The van der Waals surface area contributed by atoms with Crippen molar-refractivity contribution in [3.8, 4) is 0 Å². The minimum atomic E-state index is -0.208. The van der Waals surface area contributed by atoms with Gasteiger partial charge in [0.2, 0.25) is 5.91 Å². The molecule has 3 nitrogen and oxygen atoms in total. The summed E-state index contributed by atoms with van der Waals surface area (Å²) in [5, 5.41) is 6.02. The quantitative estimate of drug-likeness (QED) is 0.817. The van der Waals surface area contributed by atoms with Crippen molar-refractivity contribution in [2.45, 2.75) is 33.7 Å². The van der Waals surface area contributed by atoms with Crippen LogP contribution in [0.2, 0.25) is 0 Å². The van der Waals surface area contributed by atoms with Crippen LogP contribution in [0.4, 0.5) is 5.69 Å². The van der Waals surface area contributed by atoms with E-state index >= 15 is 0 Å². The van der Waals surface area contributed by atoms with Crippen molar-refractivity contribution in [3.63, 3.8) is 0 Å². The van der Waals surface area contributed by atoms with E-state index in [0.29, 0.717) is 6.54 Å². The summed E-state index contributed by atoms with van der Waals surface area (Å²) in [6.45, 7) is 8.53. The van der Waals surface area contributed by atoms with Gasteiger partial charge in [0, 0.05) is 12.2 Å². The Morgan fingerprint density at radius 3 is 2.69 bits per heavy atom. The maximum atomic E-state index is 11.6. The van der Waals surface area contributed by atoms with E-state index in [2.05, 4.69) is 28.8 Å². The molecule has 1 aromatic rings. The number of likely N-dealkylation sites (N-methyl/N-ethyl adjacent to an activating group) is 1. The Hall–Kier alpha value is -1.51. The molecule has 0 heterocycles. The number of anilines is 1. The average molecular weight is 220 g/mol. The molecule has 1 amide bonds. The van der Waals surface area contributed by atoms with Gasteiger partial charge in [-0.2, -0.15) is 0 Å². The van der Waals surface area contributed by atoms with E-state index in [9.17, 15) is 4.79 Å². The van der Waals surface area contributed by atoms with Gasteiger partial charge in [0.05, 0.1) is 0 Å². The van der Waals surface area contributed by atoms with Crippen molar-refractivity contribution in [3.05, 3.63) is 29.3 Å². The monoisotopic (exact) mass is 220 g/mol. The fraction of sp³-hybridized carbons (Fsp3) is 0.462. The zero-order valence-corrected chi connectivity index (χ0v) is 10.4. The van der Waals surface area contributed by atoms with Crippen LogP contribution in [0.5, 0.6) is 0 Å². The maximum Gasteiger partial charge on any atom is 0.242 e. The first-order valence-electron chi connectivity index (χ1n) is 5.66. The topological polar surface area (TPSA) is 41.1 Å². The molecule has 0 spiro atoms. The first-order valence-corrected chi connectivity index (χ1v) is 5.66. The molecule has 1 aromatic carbocycles. The van der Waals surface area contributed by atoms with Crippen molar-refractivity contribution in [2.24, 2.45) is 0 Å². The lowest BCUT2D eigenvalue weighted by molar-refractivity contribution is -0.121. The lowest BCUT2D eigenvalue weighted by Gasteiger charge is -2.16. The van der Waals surface area contributed by atoms with Crippen LogP contribution >= 0.6 is 0 Å². The minimum absolute atomic E-state index is 0.0309. The number of carbonyl (C=O) groups excluding carboxylic acids is 1. The molecule has 3 heteroatoms. The van der Waals surface area contributed by atoms with Crippen LogP contribution < -0.4 is 10.6 Å². The first-order chi connectivity index (χ1) is 7.54. The van der Waals surface area contributed by atoms with Gasteiger partial charge in [0.15, 0.2) is 0 Å². The molecule has 0 saturated carbocycles. The van der Waals surface area contributed by atoms with Gasteiger partial charge < -0.3 is 10.6 Å². The Bertz CT molecular complexity index is 374. The molecule has 2 N–H and O–H groups in total. The van der Waals surface area contributed by atoms with Gasteiger partial charge in [-0.3, -0.25) is 4.79 Å². The highest BCUT2D eigenvalue weighted by molar-refractivity contribution is 5.84. The molecule has 0 aliphatic rings. The number of nitrogens with one attached hydrogen (secondary N) is 2. The number of amides is 1. The van der Waals surface area contributed by atoms with E-state index in [1.165, 1.54) is 5.56 Å². The summed E-state index contributed by atoms with van der Waals surface area (Å²) in [6, 6.07) is 5.98. The second kappa shape index (κ2) is 5.54. The Labute approximate surface area is 97.2 Å². The largest absolute Gasteiger partial charge is 0.374 e. The predicted octanol–water partition coefficient (Wildman–Crippen LogP) is 2.24. The fourth-order valence-corrected chi connectivity index (χ4v) is 1.52. The summed E-state index contributed by atoms with van der Waals surface area (Å²) in [4.78, 5) is 11.6. The van der Waals surface area contributed by atoms with Crippen molar-refractivity contribution in [2.75, 3.05) is 11.9 Å². The summed E-state index contributed by atoms with van der Waals surface area (Å²) >= 11 is 0. The normalized spacial score (nSPS) is 12.0. The van der Waals surface area contributed by atoms with Crippen LogP contribution in [0.15, 0.2) is 18.2 Å². The number of benzene rings is 1. The van der Waals surface area contributed by atoms with Crippen molar-refractivity contribution in [1.82, 2.24) is 5.32 Å². The Morgan fingerprint density at radius 1 is 1.38 bits per heavy atom.